The first-order chi connectivity index (χ1) is 9.01. The molecule has 0 amide bonds. The average Bonchev–Trinajstić information content (AvgIpc) is 2.39. The van der Waals surface area contributed by atoms with E-state index < -0.39 is 17.2 Å². The molecule has 0 spiro atoms. The van der Waals surface area contributed by atoms with Gasteiger partial charge < -0.3 is 9.84 Å². The molecule has 0 aromatic heterocycles. The minimum Gasteiger partial charge on any atom is -0.492 e. The molecule has 0 heterocycles. The standard InChI is InChI=1S/C14H16BrFO3/c1-19-12-10(15)7-9(8-11(12)16)14(13(17)18)5-3-2-4-6-14/h7-8H,2-6H2,1H3,(H,17,18). The Morgan fingerprint density at radius 2 is 2.00 bits per heavy atom. The van der Waals surface area contributed by atoms with E-state index in [0.29, 0.717) is 22.9 Å². The second-order valence-electron chi connectivity index (χ2n) is 4.92. The zero-order valence-electron chi connectivity index (χ0n) is 10.7. The van der Waals surface area contributed by atoms with Gasteiger partial charge in [0.15, 0.2) is 11.6 Å². The van der Waals surface area contributed by atoms with E-state index in [1.54, 1.807) is 6.07 Å². The quantitative estimate of drug-likeness (QED) is 0.914. The number of rotatable bonds is 3. The molecule has 1 aliphatic rings. The molecule has 0 saturated heterocycles. The fourth-order valence-corrected chi connectivity index (χ4v) is 3.41. The Labute approximate surface area is 119 Å². The summed E-state index contributed by atoms with van der Waals surface area (Å²) in [5, 5.41) is 9.58. The smallest absolute Gasteiger partial charge is 0.314 e. The monoisotopic (exact) mass is 330 g/mol. The van der Waals surface area contributed by atoms with Crippen molar-refractivity contribution in [1.82, 2.24) is 0 Å². The Morgan fingerprint density at radius 1 is 1.37 bits per heavy atom. The van der Waals surface area contributed by atoms with Crippen molar-refractivity contribution in [1.29, 1.82) is 0 Å². The highest BCUT2D eigenvalue weighted by molar-refractivity contribution is 9.10. The van der Waals surface area contributed by atoms with Gasteiger partial charge in [-0.15, -0.1) is 0 Å². The maximum absolute atomic E-state index is 14.0. The lowest BCUT2D eigenvalue weighted by atomic mass is 9.69. The maximum atomic E-state index is 14.0. The van der Waals surface area contributed by atoms with Crippen molar-refractivity contribution in [3.8, 4) is 5.75 Å². The second kappa shape index (κ2) is 5.49. The molecule has 0 radical (unpaired) electrons. The summed E-state index contributed by atoms with van der Waals surface area (Å²) in [5.41, 5.74) is -0.446. The number of methoxy groups -OCH3 is 1. The van der Waals surface area contributed by atoms with Crippen LogP contribution >= 0.6 is 15.9 Å². The summed E-state index contributed by atoms with van der Waals surface area (Å²) in [6.45, 7) is 0. The predicted octanol–water partition coefficient (Wildman–Crippen LogP) is 3.88. The third-order valence-corrected chi connectivity index (χ3v) is 4.46. The molecule has 1 fully saturated rings. The van der Waals surface area contributed by atoms with Crippen molar-refractivity contribution < 1.29 is 19.0 Å². The van der Waals surface area contributed by atoms with Crippen molar-refractivity contribution >= 4 is 21.9 Å². The summed E-state index contributed by atoms with van der Waals surface area (Å²) in [5.74, 6) is -1.29. The van der Waals surface area contributed by atoms with E-state index in [2.05, 4.69) is 15.9 Å². The van der Waals surface area contributed by atoms with Crippen LogP contribution in [0, 0.1) is 5.82 Å². The van der Waals surface area contributed by atoms with Crippen LogP contribution in [-0.4, -0.2) is 18.2 Å². The number of ether oxygens (including phenoxy) is 1. The van der Waals surface area contributed by atoms with Crippen LogP contribution < -0.4 is 4.74 Å². The second-order valence-corrected chi connectivity index (χ2v) is 5.78. The summed E-state index contributed by atoms with van der Waals surface area (Å²) in [7, 11) is 1.39. The molecule has 1 aromatic carbocycles. The molecule has 2 rings (SSSR count). The lowest BCUT2D eigenvalue weighted by Crippen LogP contribution is -2.38. The molecule has 104 valence electrons. The van der Waals surface area contributed by atoms with Crippen LogP contribution in [0.15, 0.2) is 16.6 Å². The van der Waals surface area contributed by atoms with E-state index in [1.807, 2.05) is 0 Å². The molecular formula is C14H16BrFO3. The summed E-state index contributed by atoms with van der Waals surface area (Å²) in [6, 6.07) is 2.96. The summed E-state index contributed by atoms with van der Waals surface area (Å²) >= 11 is 3.24. The van der Waals surface area contributed by atoms with E-state index in [9.17, 15) is 14.3 Å². The van der Waals surface area contributed by atoms with Crippen LogP contribution in [0.25, 0.3) is 0 Å². The number of aliphatic carboxylic acids is 1. The summed E-state index contributed by atoms with van der Waals surface area (Å²) < 4.78 is 19.3. The largest absolute Gasteiger partial charge is 0.492 e. The topological polar surface area (TPSA) is 46.5 Å². The maximum Gasteiger partial charge on any atom is 0.314 e. The predicted molar refractivity (Wildman–Crippen MR) is 73.1 cm³/mol. The fourth-order valence-electron chi connectivity index (χ4n) is 2.81. The molecule has 0 atom stereocenters. The molecule has 1 aromatic rings. The van der Waals surface area contributed by atoms with Crippen molar-refractivity contribution in [2.24, 2.45) is 0 Å². The first-order valence-corrected chi connectivity index (χ1v) is 7.07. The highest BCUT2D eigenvalue weighted by Gasteiger charge is 2.42. The lowest BCUT2D eigenvalue weighted by Gasteiger charge is -2.34. The van der Waals surface area contributed by atoms with Crippen molar-refractivity contribution in [2.75, 3.05) is 7.11 Å². The molecule has 1 N–H and O–H groups in total. The summed E-state index contributed by atoms with van der Waals surface area (Å²) in [6.07, 6.45) is 3.87. The molecule has 3 nitrogen and oxygen atoms in total. The number of hydrogen-bond acceptors (Lipinski definition) is 2. The fraction of sp³-hybridized carbons (Fsp3) is 0.500. The van der Waals surface area contributed by atoms with Crippen LogP contribution in [0.5, 0.6) is 5.75 Å². The Bertz CT molecular complexity index is 472. The third-order valence-electron chi connectivity index (χ3n) is 3.87. The molecular weight excluding hydrogens is 315 g/mol. The Morgan fingerprint density at radius 3 is 2.47 bits per heavy atom. The zero-order chi connectivity index (χ0) is 14.0. The highest BCUT2D eigenvalue weighted by Crippen LogP contribution is 2.42. The van der Waals surface area contributed by atoms with Gasteiger partial charge in [-0.05, 0) is 46.5 Å². The van der Waals surface area contributed by atoms with Crippen molar-refractivity contribution in [3.63, 3.8) is 0 Å². The van der Waals surface area contributed by atoms with Gasteiger partial charge >= 0.3 is 5.97 Å². The van der Waals surface area contributed by atoms with E-state index in [4.69, 9.17) is 4.74 Å². The summed E-state index contributed by atoms with van der Waals surface area (Å²) in [4.78, 5) is 11.7. The number of halogens is 2. The van der Waals surface area contributed by atoms with Crippen LogP contribution in [0.4, 0.5) is 4.39 Å². The van der Waals surface area contributed by atoms with Gasteiger partial charge in [-0.25, -0.2) is 4.39 Å². The Kier molecular flexibility index (Phi) is 4.13. The highest BCUT2D eigenvalue weighted by atomic mass is 79.9. The molecule has 1 aliphatic carbocycles. The van der Waals surface area contributed by atoms with E-state index in [0.717, 1.165) is 19.3 Å². The van der Waals surface area contributed by atoms with Crippen LogP contribution in [0.2, 0.25) is 0 Å². The molecule has 0 aliphatic heterocycles. The zero-order valence-corrected chi connectivity index (χ0v) is 12.3. The van der Waals surface area contributed by atoms with Gasteiger partial charge in [0.05, 0.1) is 17.0 Å². The number of carbonyl (C=O) groups is 1. The molecule has 1 saturated carbocycles. The SMILES string of the molecule is COc1c(F)cc(C2(C(=O)O)CCCCC2)cc1Br. The molecule has 5 heteroatoms. The number of hydrogen-bond donors (Lipinski definition) is 1. The van der Waals surface area contributed by atoms with Crippen LogP contribution in [0.1, 0.15) is 37.7 Å². The third kappa shape index (κ3) is 2.48. The minimum absolute atomic E-state index is 0.111. The van der Waals surface area contributed by atoms with Crippen molar-refractivity contribution in [3.05, 3.63) is 28.0 Å². The van der Waals surface area contributed by atoms with Gasteiger partial charge in [0.2, 0.25) is 0 Å². The molecule has 0 bridgehead atoms. The minimum atomic E-state index is -0.964. The number of carboxylic acids is 1. The van der Waals surface area contributed by atoms with Gasteiger partial charge in [0, 0.05) is 0 Å². The Balaban J connectivity index is 2.51. The van der Waals surface area contributed by atoms with E-state index in [1.165, 1.54) is 13.2 Å². The molecule has 19 heavy (non-hydrogen) atoms. The molecule has 0 unspecified atom stereocenters. The van der Waals surface area contributed by atoms with Gasteiger partial charge in [0.25, 0.3) is 0 Å². The van der Waals surface area contributed by atoms with E-state index in [-0.39, 0.29) is 5.75 Å². The van der Waals surface area contributed by atoms with Gasteiger partial charge in [0.1, 0.15) is 0 Å². The van der Waals surface area contributed by atoms with Gasteiger partial charge in [-0.3, -0.25) is 4.79 Å². The van der Waals surface area contributed by atoms with Crippen LogP contribution in [-0.2, 0) is 10.2 Å². The lowest BCUT2D eigenvalue weighted by molar-refractivity contribution is -0.145. The number of carboxylic acid groups (broad SMARTS) is 1. The van der Waals surface area contributed by atoms with Crippen molar-refractivity contribution in [2.45, 2.75) is 37.5 Å². The van der Waals surface area contributed by atoms with Crippen LogP contribution in [0.3, 0.4) is 0 Å². The van der Waals surface area contributed by atoms with E-state index >= 15 is 0 Å². The average molecular weight is 331 g/mol. The van der Waals surface area contributed by atoms with Gasteiger partial charge in [-0.2, -0.15) is 0 Å². The number of benzene rings is 1. The first-order valence-electron chi connectivity index (χ1n) is 6.28. The first kappa shape index (κ1) is 14.3. The normalized spacial score (nSPS) is 18.1. The Hall–Kier alpha value is -1.10. The van der Waals surface area contributed by atoms with Gasteiger partial charge in [-0.1, -0.05) is 19.3 Å².